The van der Waals surface area contributed by atoms with Gasteiger partial charge < -0.3 is 14.6 Å². The number of hydrogen-bond acceptors (Lipinski definition) is 6. The third-order valence-electron chi connectivity index (χ3n) is 5.40. The molecule has 0 aliphatic carbocycles. The fraction of sp³-hybridized carbons (Fsp3) is 0.125. The molecule has 2 aliphatic rings. The summed E-state index contributed by atoms with van der Waals surface area (Å²) in [6.45, 7) is 0.691. The average molecular weight is 450 g/mol. The van der Waals surface area contributed by atoms with Gasteiger partial charge in [0.05, 0.1) is 17.0 Å². The van der Waals surface area contributed by atoms with Crippen LogP contribution in [0.5, 0.6) is 11.5 Å². The summed E-state index contributed by atoms with van der Waals surface area (Å²) in [5.74, 6) is -3.53. The van der Waals surface area contributed by atoms with Crippen molar-refractivity contribution in [3.05, 3.63) is 89.3 Å². The van der Waals surface area contributed by atoms with E-state index in [0.29, 0.717) is 24.7 Å². The molecule has 166 valence electrons. The quantitative estimate of drug-likeness (QED) is 0.371. The van der Waals surface area contributed by atoms with E-state index in [1.807, 2.05) is 0 Å². The average Bonchev–Trinajstić information content (AvgIpc) is 3.10. The number of anilines is 1. The number of Topliss-reactive ketones (excluding diaryl/α,β-unsaturated/α-hetero) is 1. The van der Waals surface area contributed by atoms with Gasteiger partial charge in [0.1, 0.15) is 36.6 Å². The number of hydrogen-bond donors (Lipinski definition) is 1. The molecule has 1 unspecified atom stereocenters. The van der Waals surface area contributed by atoms with Crippen LogP contribution in [0, 0.1) is 11.6 Å². The summed E-state index contributed by atoms with van der Waals surface area (Å²) in [6.07, 6.45) is 1.43. The minimum atomic E-state index is -1.28. The number of benzene rings is 2. The van der Waals surface area contributed by atoms with Crippen LogP contribution in [0.1, 0.15) is 17.3 Å². The third-order valence-corrected chi connectivity index (χ3v) is 5.40. The number of rotatable bonds is 3. The Morgan fingerprint density at radius 3 is 2.55 bits per heavy atom. The molecule has 1 fully saturated rings. The van der Waals surface area contributed by atoms with Gasteiger partial charge in [0, 0.05) is 17.8 Å². The zero-order valence-electron chi connectivity index (χ0n) is 17.0. The van der Waals surface area contributed by atoms with Crippen LogP contribution in [0.4, 0.5) is 14.5 Å². The molecule has 5 rings (SSSR count). The molecular weight excluding hydrogens is 434 g/mol. The van der Waals surface area contributed by atoms with Gasteiger partial charge >= 0.3 is 0 Å². The lowest BCUT2D eigenvalue weighted by Gasteiger charge is -2.25. The number of halogens is 2. The van der Waals surface area contributed by atoms with Crippen LogP contribution in [0.2, 0.25) is 0 Å². The lowest BCUT2D eigenvalue weighted by molar-refractivity contribution is -0.132. The topological polar surface area (TPSA) is 89.0 Å². The lowest BCUT2D eigenvalue weighted by Crippen LogP contribution is -2.30. The molecule has 3 aromatic rings. The molecule has 0 bridgehead atoms. The normalized spacial score (nSPS) is 19.1. The Balaban J connectivity index is 1.71. The Bertz CT molecular complexity index is 1310. The van der Waals surface area contributed by atoms with Crippen molar-refractivity contribution in [1.29, 1.82) is 0 Å². The van der Waals surface area contributed by atoms with Crippen LogP contribution in [0.3, 0.4) is 0 Å². The van der Waals surface area contributed by atoms with Gasteiger partial charge in [-0.1, -0.05) is 6.07 Å². The summed E-state index contributed by atoms with van der Waals surface area (Å²) >= 11 is 0. The van der Waals surface area contributed by atoms with E-state index in [2.05, 4.69) is 4.98 Å². The van der Waals surface area contributed by atoms with Crippen molar-refractivity contribution in [1.82, 2.24) is 4.98 Å². The predicted molar refractivity (Wildman–Crippen MR) is 113 cm³/mol. The van der Waals surface area contributed by atoms with Crippen LogP contribution in [-0.4, -0.2) is 35.0 Å². The molecule has 1 atom stereocenters. The number of ketones is 1. The highest BCUT2D eigenvalue weighted by Crippen LogP contribution is 2.43. The summed E-state index contributed by atoms with van der Waals surface area (Å²) in [7, 11) is 0. The third kappa shape index (κ3) is 3.47. The van der Waals surface area contributed by atoms with E-state index in [-0.39, 0.29) is 16.8 Å². The van der Waals surface area contributed by atoms with Gasteiger partial charge in [-0.05, 0) is 42.5 Å². The van der Waals surface area contributed by atoms with Crippen molar-refractivity contribution < 1.29 is 33.0 Å². The van der Waals surface area contributed by atoms with Crippen molar-refractivity contribution in [2.24, 2.45) is 0 Å². The van der Waals surface area contributed by atoms with E-state index in [1.165, 1.54) is 24.4 Å². The zero-order chi connectivity index (χ0) is 23.1. The number of nitrogens with zero attached hydrogens (tertiary/aromatic N) is 2. The van der Waals surface area contributed by atoms with E-state index < -0.39 is 40.8 Å². The molecule has 0 saturated carbocycles. The molecule has 9 heteroatoms. The van der Waals surface area contributed by atoms with Gasteiger partial charge in [0.15, 0.2) is 11.5 Å². The SMILES string of the molecule is O=C1C(=O)N(c2cc(F)ccc2F)C(c2ccccn2)/C1=C(/O)c1ccc2c(c1)OCCO2. The first-order valence-corrected chi connectivity index (χ1v) is 10.0. The minimum absolute atomic E-state index is 0.192. The van der Waals surface area contributed by atoms with Crippen LogP contribution in [-0.2, 0) is 9.59 Å². The fourth-order valence-electron chi connectivity index (χ4n) is 3.92. The van der Waals surface area contributed by atoms with Crippen LogP contribution in [0.25, 0.3) is 5.76 Å². The molecule has 1 saturated heterocycles. The standard InChI is InChI=1S/C24H16F2N2O5/c25-14-5-6-15(26)17(12-14)28-21(16-3-1-2-8-27-16)20(23(30)24(28)31)22(29)13-4-7-18-19(11-13)33-10-9-32-18/h1-8,11-12,21,29H,9-10H2/b22-20-. The van der Waals surface area contributed by atoms with Crippen molar-refractivity contribution in [3.63, 3.8) is 0 Å². The second kappa shape index (κ2) is 8.01. The number of aromatic nitrogens is 1. The summed E-state index contributed by atoms with van der Waals surface area (Å²) in [5, 5.41) is 11.1. The van der Waals surface area contributed by atoms with Crippen LogP contribution < -0.4 is 14.4 Å². The van der Waals surface area contributed by atoms with Crippen LogP contribution >= 0.6 is 0 Å². The number of pyridine rings is 1. The molecule has 3 heterocycles. The van der Waals surface area contributed by atoms with Crippen molar-refractivity contribution >= 4 is 23.1 Å². The first-order valence-electron chi connectivity index (χ1n) is 10.0. The van der Waals surface area contributed by atoms with E-state index in [0.717, 1.165) is 23.1 Å². The van der Waals surface area contributed by atoms with E-state index in [4.69, 9.17) is 9.47 Å². The predicted octanol–water partition coefficient (Wildman–Crippen LogP) is 3.76. The van der Waals surface area contributed by atoms with E-state index >= 15 is 0 Å². The lowest BCUT2D eigenvalue weighted by atomic mass is 9.98. The monoisotopic (exact) mass is 450 g/mol. The Kier molecular flexibility index (Phi) is 5.01. The summed E-state index contributed by atoms with van der Waals surface area (Å²) in [5.41, 5.74) is -0.356. The molecular formula is C24H16F2N2O5. The maximum absolute atomic E-state index is 14.6. The number of ether oxygens (including phenoxy) is 2. The second-order valence-corrected chi connectivity index (χ2v) is 7.38. The molecule has 0 radical (unpaired) electrons. The zero-order valence-corrected chi connectivity index (χ0v) is 17.0. The van der Waals surface area contributed by atoms with Gasteiger partial charge in [0.25, 0.3) is 11.7 Å². The number of aliphatic hydroxyl groups excluding tert-OH is 1. The highest BCUT2D eigenvalue weighted by Gasteiger charge is 2.48. The molecule has 2 aromatic carbocycles. The minimum Gasteiger partial charge on any atom is -0.507 e. The van der Waals surface area contributed by atoms with Crippen molar-refractivity contribution in [3.8, 4) is 11.5 Å². The second-order valence-electron chi connectivity index (χ2n) is 7.38. The Labute approximate surface area is 186 Å². The summed E-state index contributed by atoms with van der Waals surface area (Å²) < 4.78 is 39.6. The van der Waals surface area contributed by atoms with Crippen LogP contribution in [0.15, 0.2) is 66.4 Å². The maximum Gasteiger partial charge on any atom is 0.300 e. The molecule has 1 N–H and O–H groups in total. The molecule has 33 heavy (non-hydrogen) atoms. The summed E-state index contributed by atoms with van der Waals surface area (Å²) in [6, 6.07) is 10.6. The van der Waals surface area contributed by atoms with Gasteiger partial charge in [-0.3, -0.25) is 19.5 Å². The van der Waals surface area contributed by atoms with Gasteiger partial charge in [-0.15, -0.1) is 0 Å². The Morgan fingerprint density at radius 1 is 1.00 bits per heavy atom. The first kappa shape index (κ1) is 20.6. The van der Waals surface area contributed by atoms with Crippen molar-refractivity contribution in [2.45, 2.75) is 6.04 Å². The molecule has 1 aromatic heterocycles. The molecule has 1 amide bonds. The number of carbonyl (C=O) groups excluding carboxylic acids is 2. The number of aliphatic hydroxyl groups is 1. The first-order chi connectivity index (χ1) is 16.0. The largest absolute Gasteiger partial charge is 0.507 e. The number of carbonyl (C=O) groups is 2. The Morgan fingerprint density at radius 2 is 1.79 bits per heavy atom. The van der Waals surface area contributed by atoms with E-state index in [9.17, 15) is 23.5 Å². The number of fused-ring (bicyclic) bond motifs is 1. The fourth-order valence-corrected chi connectivity index (χ4v) is 3.92. The molecule has 0 spiro atoms. The van der Waals surface area contributed by atoms with Gasteiger partial charge in [0.2, 0.25) is 0 Å². The number of amides is 1. The molecule has 7 nitrogen and oxygen atoms in total. The smallest absolute Gasteiger partial charge is 0.300 e. The van der Waals surface area contributed by atoms with E-state index in [1.54, 1.807) is 18.2 Å². The van der Waals surface area contributed by atoms with Crippen molar-refractivity contribution in [2.75, 3.05) is 18.1 Å². The molecule has 2 aliphatic heterocycles. The highest BCUT2D eigenvalue weighted by molar-refractivity contribution is 6.51. The Hall–Kier alpha value is -4.27. The maximum atomic E-state index is 14.6. The highest BCUT2D eigenvalue weighted by atomic mass is 19.1. The van der Waals surface area contributed by atoms with Gasteiger partial charge in [-0.25, -0.2) is 8.78 Å². The van der Waals surface area contributed by atoms with Gasteiger partial charge in [-0.2, -0.15) is 0 Å². The summed E-state index contributed by atoms with van der Waals surface area (Å²) in [4.78, 5) is 31.1.